The van der Waals surface area contributed by atoms with Crippen molar-refractivity contribution in [1.29, 1.82) is 0 Å². The molecular weight excluding hydrogens is 214 g/mol. The van der Waals surface area contributed by atoms with Crippen molar-refractivity contribution in [2.24, 2.45) is 11.7 Å². The average molecular weight is 239 g/mol. The number of amides is 1. The summed E-state index contributed by atoms with van der Waals surface area (Å²) in [6.45, 7) is 8.12. The molecule has 0 saturated carbocycles. The van der Waals surface area contributed by atoms with E-state index in [9.17, 15) is 4.79 Å². The molecule has 0 bridgehead atoms. The maximum atomic E-state index is 12.2. The van der Waals surface area contributed by atoms with E-state index >= 15 is 0 Å². The topological polar surface area (TPSA) is 49.6 Å². The molecule has 0 aromatic carbocycles. The van der Waals surface area contributed by atoms with Crippen LogP contribution >= 0.6 is 0 Å². The summed E-state index contributed by atoms with van der Waals surface area (Å²) >= 11 is 0. The quantitative estimate of drug-likeness (QED) is 0.787. The molecule has 0 spiro atoms. The highest BCUT2D eigenvalue weighted by molar-refractivity contribution is 5.79. The highest BCUT2D eigenvalue weighted by atomic mass is 16.2. The van der Waals surface area contributed by atoms with Gasteiger partial charge in [-0.05, 0) is 39.3 Å². The largest absolute Gasteiger partial charge is 0.341 e. The monoisotopic (exact) mass is 239 g/mol. The van der Waals surface area contributed by atoms with Gasteiger partial charge >= 0.3 is 0 Å². The molecule has 1 amide bonds. The van der Waals surface area contributed by atoms with Crippen molar-refractivity contribution in [1.82, 2.24) is 9.80 Å². The zero-order chi connectivity index (χ0) is 12.4. The van der Waals surface area contributed by atoms with Crippen molar-refractivity contribution in [3.8, 4) is 0 Å². The third-order valence-electron chi connectivity index (χ3n) is 4.31. The van der Waals surface area contributed by atoms with Gasteiger partial charge in [0.25, 0.3) is 0 Å². The molecule has 2 rings (SSSR count). The Kier molecular flexibility index (Phi) is 4.05. The Morgan fingerprint density at radius 3 is 2.47 bits per heavy atom. The summed E-state index contributed by atoms with van der Waals surface area (Å²) in [6.07, 6.45) is 3.78. The second-order valence-electron chi connectivity index (χ2n) is 5.62. The fourth-order valence-corrected chi connectivity index (χ4v) is 2.86. The molecule has 0 aliphatic carbocycles. The summed E-state index contributed by atoms with van der Waals surface area (Å²) < 4.78 is 0. The minimum Gasteiger partial charge on any atom is -0.341 e. The van der Waals surface area contributed by atoms with E-state index in [-0.39, 0.29) is 17.9 Å². The number of rotatable bonds is 3. The normalized spacial score (nSPS) is 29.6. The summed E-state index contributed by atoms with van der Waals surface area (Å²) in [6, 6.07) is 0.551. The predicted octanol–water partition coefficient (Wildman–Crippen LogP) is 0.666. The molecule has 2 aliphatic rings. The Balaban J connectivity index is 1.86. The minimum atomic E-state index is -0.0488. The SMILES string of the molecule is CC(N)C(C)C(=O)N1CCC(N2CCCC2)C1. The lowest BCUT2D eigenvalue weighted by atomic mass is 10.0. The van der Waals surface area contributed by atoms with Gasteiger partial charge in [-0.2, -0.15) is 0 Å². The molecule has 0 aromatic rings. The van der Waals surface area contributed by atoms with Crippen LogP contribution in [-0.2, 0) is 4.79 Å². The Hall–Kier alpha value is -0.610. The van der Waals surface area contributed by atoms with Crippen molar-refractivity contribution < 1.29 is 4.79 Å². The molecule has 3 unspecified atom stereocenters. The Morgan fingerprint density at radius 2 is 1.88 bits per heavy atom. The van der Waals surface area contributed by atoms with Gasteiger partial charge in [0.2, 0.25) is 5.91 Å². The summed E-state index contributed by atoms with van der Waals surface area (Å²) in [5.74, 6) is 0.189. The second kappa shape index (κ2) is 5.36. The lowest BCUT2D eigenvalue weighted by molar-refractivity contribution is -0.134. The molecule has 0 aromatic heterocycles. The van der Waals surface area contributed by atoms with Gasteiger partial charge < -0.3 is 10.6 Å². The van der Waals surface area contributed by atoms with E-state index in [1.807, 2.05) is 18.7 Å². The van der Waals surface area contributed by atoms with Gasteiger partial charge in [-0.15, -0.1) is 0 Å². The highest BCUT2D eigenvalue weighted by Gasteiger charge is 2.33. The summed E-state index contributed by atoms with van der Waals surface area (Å²) in [5.41, 5.74) is 5.80. The van der Waals surface area contributed by atoms with Gasteiger partial charge in [0, 0.05) is 25.2 Å². The molecule has 0 radical (unpaired) electrons. The third kappa shape index (κ3) is 2.80. The maximum Gasteiger partial charge on any atom is 0.227 e. The van der Waals surface area contributed by atoms with Gasteiger partial charge in [-0.25, -0.2) is 0 Å². The molecule has 3 atom stereocenters. The van der Waals surface area contributed by atoms with Crippen molar-refractivity contribution in [2.45, 2.75) is 45.2 Å². The number of hydrogen-bond acceptors (Lipinski definition) is 3. The lowest BCUT2D eigenvalue weighted by Gasteiger charge is -2.26. The van der Waals surface area contributed by atoms with Crippen LogP contribution in [0, 0.1) is 5.92 Å². The molecular formula is C13H25N3O. The van der Waals surface area contributed by atoms with E-state index in [2.05, 4.69) is 4.90 Å². The number of nitrogens with zero attached hydrogens (tertiary/aromatic N) is 2. The number of likely N-dealkylation sites (tertiary alicyclic amines) is 2. The molecule has 2 saturated heterocycles. The van der Waals surface area contributed by atoms with Crippen molar-refractivity contribution in [3.05, 3.63) is 0 Å². The molecule has 17 heavy (non-hydrogen) atoms. The molecule has 2 aliphatic heterocycles. The van der Waals surface area contributed by atoms with Gasteiger partial charge in [-0.3, -0.25) is 9.69 Å². The predicted molar refractivity (Wildman–Crippen MR) is 68.6 cm³/mol. The summed E-state index contributed by atoms with van der Waals surface area (Å²) in [5, 5.41) is 0. The Labute approximate surface area is 104 Å². The summed E-state index contributed by atoms with van der Waals surface area (Å²) in [4.78, 5) is 16.7. The summed E-state index contributed by atoms with van der Waals surface area (Å²) in [7, 11) is 0. The zero-order valence-electron chi connectivity index (χ0n) is 11.1. The Bertz CT molecular complexity index is 274. The van der Waals surface area contributed by atoms with Crippen LogP contribution in [0.3, 0.4) is 0 Å². The third-order valence-corrected chi connectivity index (χ3v) is 4.31. The molecule has 2 fully saturated rings. The van der Waals surface area contributed by atoms with E-state index in [0.29, 0.717) is 6.04 Å². The molecule has 4 nitrogen and oxygen atoms in total. The molecule has 4 heteroatoms. The fraction of sp³-hybridized carbons (Fsp3) is 0.923. The minimum absolute atomic E-state index is 0.0478. The van der Waals surface area contributed by atoms with Crippen LogP contribution < -0.4 is 5.73 Å². The maximum absolute atomic E-state index is 12.2. The van der Waals surface area contributed by atoms with Crippen LogP contribution in [0.25, 0.3) is 0 Å². The van der Waals surface area contributed by atoms with Gasteiger partial charge in [0.15, 0.2) is 0 Å². The van der Waals surface area contributed by atoms with Crippen LogP contribution in [0.5, 0.6) is 0 Å². The van der Waals surface area contributed by atoms with Gasteiger partial charge in [0.1, 0.15) is 0 Å². The molecule has 2 heterocycles. The van der Waals surface area contributed by atoms with Crippen molar-refractivity contribution in [2.75, 3.05) is 26.2 Å². The number of hydrogen-bond donors (Lipinski definition) is 1. The average Bonchev–Trinajstić information content (AvgIpc) is 2.96. The lowest BCUT2D eigenvalue weighted by Crippen LogP contribution is -2.42. The van der Waals surface area contributed by atoms with Gasteiger partial charge in [-0.1, -0.05) is 6.92 Å². The van der Waals surface area contributed by atoms with E-state index < -0.39 is 0 Å². The number of carbonyl (C=O) groups excluding carboxylic acids is 1. The Morgan fingerprint density at radius 1 is 1.24 bits per heavy atom. The first-order valence-corrected chi connectivity index (χ1v) is 6.88. The van der Waals surface area contributed by atoms with Crippen LogP contribution in [0.2, 0.25) is 0 Å². The van der Waals surface area contributed by atoms with Crippen molar-refractivity contribution in [3.63, 3.8) is 0 Å². The first kappa shape index (κ1) is 12.8. The number of carbonyl (C=O) groups is 1. The zero-order valence-corrected chi connectivity index (χ0v) is 11.1. The van der Waals surface area contributed by atoms with E-state index in [1.165, 1.54) is 25.9 Å². The van der Waals surface area contributed by atoms with Crippen LogP contribution in [0.1, 0.15) is 33.1 Å². The van der Waals surface area contributed by atoms with Crippen LogP contribution in [-0.4, -0.2) is 54.0 Å². The second-order valence-corrected chi connectivity index (χ2v) is 5.62. The van der Waals surface area contributed by atoms with E-state index in [0.717, 1.165) is 19.5 Å². The molecule has 98 valence electrons. The number of nitrogens with two attached hydrogens (primary N) is 1. The van der Waals surface area contributed by atoms with E-state index in [1.54, 1.807) is 0 Å². The van der Waals surface area contributed by atoms with Gasteiger partial charge in [0.05, 0.1) is 5.92 Å². The highest BCUT2D eigenvalue weighted by Crippen LogP contribution is 2.22. The first-order valence-electron chi connectivity index (χ1n) is 6.88. The van der Waals surface area contributed by atoms with Crippen LogP contribution in [0.4, 0.5) is 0 Å². The standard InChI is InChI=1S/C13H25N3O/c1-10(11(2)14)13(17)16-8-5-12(9-16)15-6-3-4-7-15/h10-12H,3-9,14H2,1-2H3. The fourth-order valence-electron chi connectivity index (χ4n) is 2.86. The van der Waals surface area contributed by atoms with Crippen molar-refractivity contribution >= 4 is 5.91 Å². The van der Waals surface area contributed by atoms with Crippen LogP contribution in [0.15, 0.2) is 0 Å². The molecule has 2 N–H and O–H groups in total. The van der Waals surface area contributed by atoms with E-state index in [4.69, 9.17) is 5.73 Å². The first-order chi connectivity index (χ1) is 8.09. The smallest absolute Gasteiger partial charge is 0.227 e.